The van der Waals surface area contributed by atoms with Gasteiger partial charge in [-0.05, 0) is 51.0 Å². The van der Waals surface area contributed by atoms with E-state index in [4.69, 9.17) is 10.9 Å². The predicted octanol–water partition coefficient (Wildman–Crippen LogP) is 1.88. The molecule has 2 unspecified atom stereocenters. The zero-order valence-electron chi connectivity index (χ0n) is 17.2. The largest absolute Gasteiger partial charge is 0.352 e. The highest BCUT2D eigenvalue weighted by Gasteiger charge is 2.46. The highest BCUT2D eigenvalue weighted by Crippen LogP contribution is 2.37. The van der Waals surface area contributed by atoms with E-state index in [9.17, 15) is 14.4 Å². The maximum Gasteiger partial charge on any atom is 0.312 e. The number of amides is 4. The minimum atomic E-state index is -0.720. The van der Waals surface area contributed by atoms with E-state index in [-0.39, 0.29) is 5.91 Å². The Hall–Kier alpha value is -2.61. The third-order valence-electron chi connectivity index (χ3n) is 5.76. The number of primary amides is 1. The number of benzene rings is 1. The van der Waals surface area contributed by atoms with Gasteiger partial charge in [-0.25, -0.2) is 10.3 Å². The van der Waals surface area contributed by atoms with Crippen LogP contribution in [-0.4, -0.2) is 47.1 Å². The van der Waals surface area contributed by atoms with Gasteiger partial charge in [0.15, 0.2) is 0 Å². The van der Waals surface area contributed by atoms with Crippen molar-refractivity contribution in [3.8, 4) is 0 Å². The van der Waals surface area contributed by atoms with Crippen molar-refractivity contribution < 1.29 is 19.6 Å². The zero-order valence-corrected chi connectivity index (χ0v) is 17.2. The Morgan fingerprint density at radius 3 is 2.59 bits per heavy atom. The summed E-state index contributed by atoms with van der Waals surface area (Å²) in [5.74, 6) is -0.627. The van der Waals surface area contributed by atoms with Crippen molar-refractivity contribution in [1.82, 2.24) is 15.7 Å². The lowest BCUT2D eigenvalue weighted by atomic mass is 9.82. The number of nitrogens with zero attached hydrogens (tertiary/aromatic N) is 1. The van der Waals surface area contributed by atoms with Gasteiger partial charge in [-0.2, -0.15) is 0 Å². The highest BCUT2D eigenvalue weighted by atomic mass is 16.5. The summed E-state index contributed by atoms with van der Waals surface area (Å²) in [6.45, 7) is 4.89. The number of hydroxylamine groups is 1. The summed E-state index contributed by atoms with van der Waals surface area (Å²) in [5.41, 5.74) is 8.59. The quantitative estimate of drug-likeness (QED) is 0.270. The van der Waals surface area contributed by atoms with E-state index >= 15 is 0 Å². The van der Waals surface area contributed by atoms with Crippen LogP contribution in [0.2, 0.25) is 0 Å². The molecule has 2 atom stereocenters. The average molecular weight is 405 g/mol. The van der Waals surface area contributed by atoms with Crippen molar-refractivity contribution in [1.29, 1.82) is 0 Å². The molecule has 0 spiro atoms. The van der Waals surface area contributed by atoms with Crippen molar-refractivity contribution in [2.45, 2.75) is 58.4 Å². The fourth-order valence-electron chi connectivity index (χ4n) is 3.80. The molecule has 1 aliphatic heterocycles. The fraction of sp³-hybridized carbons (Fsp3) is 0.571. The maximum absolute atomic E-state index is 13.1. The van der Waals surface area contributed by atoms with Crippen LogP contribution < -0.4 is 16.5 Å². The van der Waals surface area contributed by atoms with Crippen molar-refractivity contribution in [2.75, 3.05) is 13.1 Å². The number of carbonyl (C=O) groups is 3. The van der Waals surface area contributed by atoms with Crippen LogP contribution in [0.25, 0.3) is 0 Å². The van der Waals surface area contributed by atoms with E-state index in [2.05, 4.69) is 29.6 Å². The molecule has 1 saturated heterocycles. The van der Waals surface area contributed by atoms with Gasteiger partial charge in [0.25, 0.3) is 5.91 Å². The Bertz CT molecular complexity index is 722. The molecule has 0 aliphatic carbocycles. The molecule has 4 amide bonds. The van der Waals surface area contributed by atoms with E-state index in [1.54, 1.807) is 10.4 Å². The topological polar surface area (TPSA) is 125 Å². The van der Waals surface area contributed by atoms with E-state index in [1.807, 2.05) is 13.8 Å². The molecule has 1 aromatic rings. The summed E-state index contributed by atoms with van der Waals surface area (Å²) in [7, 11) is 0. The molecule has 160 valence electrons. The second kappa shape index (κ2) is 10.2. The number of nitrogens with one attached hydrogen (secondary N) is 2. The number of rotatable bonds is 10. The number of urea groups is 1. The Labute approximate surface area is 171 Å². The van der Waals surface area contributed by atoms with Crippen molar-refractivity contribution in [2.24, 2.45) is 11.1 Å². The lowest BCUT2D eigenvalue weighted by Crippen LogP contribution is -2.48. The Balaban J connectivity index is 1.95. The summed E-state index contributed by atoms with van der Waals surface area (Å²) in [4.78, 5) is 37.6. The van der Waals surface area contributed by atoms with Crippen molar-refractivity contribution in [3.05, 3.63) is 35.4 Å². The van der Waals surface area contributed by atoms with Gasteiger partial charge >= 0.3 is 6.03 Å². The van der Waals surface area contributed by atoms with E-state index in [0.717, 1.165) is 6.42 Å². The molecule has 1 fully saturated rings. The Morgan fingerprint density at radius 1 is 1.28 bits per heavy atom. The smallest absolute Gasteiger partial charge is 0.312 e. The number of likely N-dealkylation sites (tertiary alicyclic amines) is 1. The number of aryl methyl sites for hydroxylation is 2. The number of unbranched alkanes of at least 4 members (excludes halogenated alkanes) is 1. The lowest BCUT2D eigenvalue weighted by Gasteiger charge is -2.29. The summed E-state index contributed by atoms with van der Waals surface area (Å²) in [5, 5.41) is 11.6. The van der Waals surface area contributed by atoms with Gasteiger partial charge in [0, 0.05) is 18.5 Å². The first-order valence-corrected chi connectivity index (χ1v) is 10.1. The summed E-state index contributed by atoms with van der Waals surface area (Å²) in [6, 6.07) is 6.98. The van der Waals surface area contributed by atoms with E-state index in [1.165, 1.54) is 11.1 Å². The third-order valence-corrected chi connectivity index (χ3v) is 5.76. The van der Waals surface area contributed by atoms with Gasteiger partial charge in [-0.15, -0.1) is 0 Å². The highest BCUT2D eigenvalue weighted by molar-refractivity contribution is 5.91. The van der Waals surface area contributed by atoms with E-state index in [0.29, 0.717) is 45.2 Å². The predicted molar refractivity (Wildman–Crippen MR) is 109 cm³/mol. The molecule has 1 aliphatic rings. The molecule has 29 heavy (non-hydrogen) atoms. The first-order valence-electron chi connectivity index (χ1n) is 10.1. The van der Waals surface area contributed by atoms with Crippen molar-refractivity contribution >= 4 is 17.8 Å². The Kier molecular flexibility index (Phi) is 8.01. The van der Waals surface area contributed by atoms with Crippen LogP contribution >= 0.6 is 0 Å². The number of carbonyl (C=O) groups excluding carboxylic acids is 3. The van der Waals surface area contributed by atoms with Gasteiger partial charge in [-0.3, -0.25) is 14.8 Å². The molecular formula is C21H32N4O4. The second-order valence-corrected chi connectivity index (χ2v) is 8.07. The summed E-state index contributed by atoms with van der Waals surface area (Å²) < 4.78 is 0. The minimum absolute atomic E-state index is 0.0477. The van der Waals surface area contributed by atoms with Crippen LogP contribution in [0.1, 0.15) is 50.2 Å². The maximum atomic E-state index is 13.1. The Morgan fingerprint density at radius 2 is 1.97 bits per heavy atom. The summed E-state index contributed by atoms with van der Waals surface area (Å²) >= 11 is 0. The van der Waals surface area contributed by atoms with Crippen LogP contribution in [0.3, 0.4) is 0 Å². The molecule has 0 aromatic heterocycles. The second-order valence-electron chi connectivity index (χ2n) is 8.07. The molecule has 5 N–H and O–H groups in total. The molecule has 8 heteroatoms. The minimum Gasteiger partial charge on any atom is -0.352 e. The van der Waals surface area contributed by atoms with Crippen molar-refractivity contribution in [3.63, 3.8) is 0 Å². The number of hydrogen-bond donors (Lipinski definition) is 4. The molecule has 0 saturated carbocycles. The average Bonchev–Trinajstić information content (AvgIpc) is 2.98. The lowest BCUT2D eigenvalue weighted by molar-refractivity contribution is -0.146. The van der Waals surface area contributed by atoms with Crippen LogP contribution in [0, 0.1) is 12.3 Å². The van der Waals surface area contributed by atoms with Gasteiger partial charge in [0.2, 0.25) is 5.91 Å². The molecule has 1 aromatic carbocycles. The van der Waals surface area contributed by atoms with Gasteiger partial charge < -0.3 is 16.0 Å². The monoisotopic (exact) mass is 404 g/mol. The van der Waals surface area contributed by atoms with E-state index < -0.39 is 23.4 Å². The van der Waals surface area contributed by atoms with Crippen LogP contribution in [0.4, 0.5) is 4.79 Å². The van der Waals surface area contributed by atoms with Crippen LogP contribution in [0.5, 0.6) is 0 Å². The molecule has 0 radical (unpaired) electrons. The molecule has 8 nitrogen and oxygen atoms in total. The van der Waals surface area contributed by atoms with Gasteiger partial charge in [0.05, 0.1) is 0 Å². The fourth-order valence-corrected chi connectivity index (χ4v) is 3.80. The van der Waals surface area contributed by atoms with Gasteiger partial charge in [-0.1, -0.05) is 36.8 Å². The number of nitrogens with two attached hydrogens (primary N) is 1. The van der Waals surface area contributed by atoms with Gasteiger partial charge in [0.1, 0.15) is 6.04 Å². The normalized spacial score (nSPS) is 19.8. The van der Waals surface area contributed by atoms with Crippen LogP contribution in [-0.2, 0) is 16.0 Å². The SMILES string of the molecule is Cc1ccc(CCC2(C)CCN(C(CCCCNC(N)=O)C(=O)NO)C2=O)cc1. The first-order chi connectivity index (χ1) is 13.8. The first kappa shape index (κ1) is 22.7. The third kappa shape index (κ3) is 6.19. The molecular weight excluding hydrogens is 372 g/mol. The summed E-state index contributed by atoms with van der Waals surface area (Å²) in [6.07, 6.45) is 3.84. The zero-order chi connectivity index (χ0) is 21.4. The molecule has 2 rings (SSSR count). The van der Waals surface area contributed by atoms with Crippen LogP contribution in [0.15, 0.2) is 24.3 Å². The molecule has 0 bridgehead atoms. The molecule has 1 heterocycles. The standard InChI is InChI=1S/C21H32N4O4/c1-15-6-8-16(9-7-15)10-11-21(2)12-14-25(19(21)27)17(18(26)24-29)5-3-4-13-23-20(22)28/h6-9,17,29H,3-5,10-14H2,1-2H3,(H,24,26)(H3,22,23,28). The number of hydrogen-bond acceptors (Lipinski definition) is 4.